The summed E-state index contributed by atoms with van der Waals surface area (Å²) in [6, 6.07) is 11.9. The van der Waals surface area contributed by atoms with Gasteiger partial charge in [0.25, 0.3) is 5.56 Å². The van der Waals surface area contributed by atoms with E-state index in [1.54, 1.807) is 22.0 Å². The molecule has 0 atom stereocenters. The molecule has 3 rings (SSSR count). The van der Waals surface area contributed by atoms with Crippen LogP contribution >= 0.6 is 27.3 Å². The van der Waals surface area contributed by atoms with E-state index in [0.29, 0.717) is 11.0 Å². The molecular formula is C14H10BrNOS. The zero-order valence-electron chi connectivity index (χ0n) is 9.47. The average Bonchev–Trinajstić information content (AvgIpc) is 2.79. The Morgan fingerprint density at radius 3 is 2.89 bits per heavy atom. The van der Waals surface area contributed by atoms with Gasteiger partial charge in [-0.3, -0.25) is 4.79 Å². The third-order valence-electron chi connectivity index (χ3n) is 2.88. The topological polar surface area (TPSA) is 22.0 Å². The lowest BCUT2D eigenvalue weighted by Crippen LogP contribution is -2.19. The number of hydrogen-bond acceptors (Lipinski definition) is 2. The predicted octanol–water partition coefficient (Wildman–Crippen LogP) is 3.87. The van der Waals surface area contributed by atoms with Gasteiger partial charge in [-0.15, -0.1) is 11.3 Å². The van der Waals surface area contributed by atoms with Crippen molar-refractivity contribution in [2.75, 3.05) is 0 Å². The summed E-state index contributed by atoms with van der Waals surface area (Å²) in [5, 5.41) is 3.35. The van der Waals surface area contributed by atoms with Crippen molar-refractivity contribution in [2.24, 2.45) is 0 Å². The average molecular weight is 320 g/mol. The number of halogens is 1. The highest BCUT2D eigenvalue weighted by atomic mass is 79.9. The number of pyridine rings is 1. The molecule has 0 fully saturated rings. The molecule has 0 saturated heterocycles. The number of rotatable bonds is 2. The largest absolute Gasteiger partial charge is 0.310 e. The molecule has 4 heteroatoms. The Bertz CT molecular complexity index is 760. The molecule has 0 spiro atoms. The van der Waals surface area contributed by atoms with Gasteiger partial charge in [-0.25, -0.2) is 0 Å². The number of fused-ring (bicyclic) bond motifs is 1. The molecule has 2 heterocycles. The van der Waals surface area contributed by atoms with Gasteiger partial charge < -0.3 is 4.57 Å². The number of thiophene rings is 1. The van der Waals surface area contributed by atoms with Crippen LogP contribution in [-0.2, 0) is 6.54 Å². The smallest absolute Gasteiger partial charge is 0.265 e. The second-order valence-electron chi connectivity index (χ2n) is 4.05. The monoisotopic (exact) mass is 319 g/mol. The van der Waals surface area contributed by atoms with Crippen molar-refractivity contribution in [2.45, 2.75) is 6.54 Å². The van der Waals surface area contributed by atoms with Gasteiger partial charge in [-0.05, 0) is 50.5 Å². The Hall–Kier alpha value is -1.39. The first-order chi connectivity index (χ1) is 8.75. The minimum atomic E-state index is 0.00720. The first-order valence-electron chi connectivity index (χ1n) is 5.56. The third-order valence-corrected chi connectivity index (χ3v) is 4.49. The van der Waals surface area contributed by atoms with Crippen molar-refractivity contribution in [3.05, 3.63) is 68.4 Å². The molecule has 0 saturated carbocycles. The maximum atomic E-state index is 12.0. The van der Waals surface area contributed by atoms with Gasteiger partial charge in [-0.1, -0.05) is 18.2 Å². The van der Waals surface area contributed by atoms with Gasteiger partial charge in [0.1, 0.15) is 0 Å². The lowest BCUT2D eigenvalue weighted by Gasteiger charge is -2.05. The summed E-state index contributed by atoms with van der Waals surface area (Å²) < 4.78 is 3.58. The summed E-state index contributed by atoms with van der Waals surface area (Å²) in [5.41, 5.74) is 1.20. The van der Waals surface area contributed by atoms with E-state index in [1.165, 1.54) is 15.6 Å². The Balaban J connectivity index is 2.07. The maximum absolute atomic E-state index is 12.0. The maximum Gasteiger partial charge on any atom is 0.265 e. The molecule has 2 aromatic heterocycles. The molecule has 0 amide bonds. The highest BCUT2D eigenvalue weighted by molar-refractivity contribution is 9.10. The number of nitrogens with zero attached hydrogens (tertiary/aromatic N) is 1. The molecule has 18 heavy (non-hydrogen) atoms. The Kier molecular flexibility index (Phi) is 3.06. The molecule has 3 aromatic rings. The van der Waals surface area contributed by atoms with Crippen LogP contribution < -0.4 is 5.56 Å². The van der Waals surface area contributed by atoms with E-state index in [1.807, 2.05) is 24.4 Å². The zero-order valence-corrected chi connectivity index (χ0v) is 11.9. The first-order valence-corrected chi connectivity index (χ1v) is 7.23. The fraction of sp³-hybridized carbons (Fsp3) is 0.0714. The molecule has 90 valence electrons. The van der Waals surface area contributed by atoms with Crippen LogP contribution in [0.5, 0.6) is 0 Å². The number of benzene rings is 1. The fourth-order valence-electron chi connectivity index (χ4n) is 1.97. The van der Waals surface area contributed by atoms with Crippen LogP contribution in [0.1, 0.15) is 5.56 Å². The first kappa shape index (κ1) is 11.7. The molecule has 0 N–H and O–H groups in total. The molecule has 0 aliphatic heterocycles. The fourth-order valence-corrected chi connectivity index (χ4v) is 3.31. The van der Waals surface area contributed by atoms with E-state index >= 15 is 0 Å². The van der Waals surface area contributed by atoms with Crippen molar-refractivity contribution < 1.29 is 0 Å². The van der Waals surface area contributed by atoms with Gasteiger partial charge in [0.05, 0.1) is 11.0 Å². The Morgan fingerprint density at radius 1 is 1.17 bits per heavy atom. The molecule has 0 radical (unpaired) electrons. The Labute approximate surface area is 117 Å². The highest BCUT2D eigenvalue weighted by Gasteiger charge is 2.06. The molecular weight excluding hydrogens is 310 g/mol. The number of aromatic nitrogens is 1. The van der Waals surface area contributed by atoms with Crippen LogP contribution in [0.3, 0.4) is 0 Å². The van der Waals surface area contributed by atoms with Gasteiger partial charge in [0.2, 0.25) is 0 Å². The minimum Gasteiger partial charge on any atom is -0.310 e. The molecule has 1 aromatic carbocycles. The van der Waals surface area contributed by atoms with E-state index in [9.17, 15) is 4.79 Å². The summed E-state index contributed by atoms with van der Waals surface area (Å²) in [4.78, 5) is 12.0. The summed E-state index contributed by atoms with van der Waals surface area (Å²) in [6.45, 7) is 0.613. The second-order valence-corrected chi connectivity index (χ2v) is 5.81. The van der Waals surface area contributed by atoms with Crippen molar-refractivity contribution in [1.29, 1.82) is 0 Å². The van der Waals surface area contributed by atoms with E-state index in [2.05, 4.69) is 33.4 Å². The van der Waals surface area contributed by atoms with Crippen LogP contribution in [0.15, 0.2) is 57.2 Å². The predicted molar refractivity (Wildman–Crippen MR) is 79.3 cm³/mol. The quantitative estimate of drug-likeness (QED) is 0.702. The van der Waals surface area contributed by atoms with Crippen molar-refractivity contribution in [3.63, 3.8) is 0 Å². The lowest BCUT2D eigenvalue weighted by atomic mass is 10.2. The van der Waals surface area contributed by atoms with Crippen LogP contribution in [0.25, 0.3) is 10.1 Å². The van der Waals surface area contributed by atoms with E-state index in [4.69, 9.17) is 0 Å². The second kappa shape index (κ2) is 4.71. The van der Waals surface area contributed by atoms with E-state index < -0.39 is 0 Å². The molecule has 0 bridgehead atoms. The molecule has 0 aliphatic rings. The summed E-state index contributed by atoms with van der Waals surface area (Å²) >= 11 is 4.99. The standard InChI is InChI=1S/C14H10BrNOS/c15-12-5-3-7-16(14(12)17)8-10-9-18-13-6-2-1-4-11(10)13/h1-7,9H,8H2. The normalized spacial score (nSPS) is 10.9. The van der Waals surface area contributed by atoms with Crippen LogP contribution in [0, 0.1) is 0 Å². The van der Waals surface area contributed by atoms with Crippen molar-refractivity contribution in [1.82, 2.24) is 4.57 Å². The van der Waals surface area contributed by atoms with Gasteiger partial charge in [0.15, 0.2) is 0 Å². The van der Waals surface area contributed by atoms with Crippen LogP contribution in [-0.4, -0.2) is 4.57 Å². The minimum absolute atomic E-state index is 0.00720. The third kappa shape index (κ3) is 2.02. The Morgan fingerprint density at radius 2 is 2.00 bits per heavy atom. The van der Waals surface area contributed by atoms with Gasteiger partial charge in [-0.2, -0.15) is 0 Å². The van der Waals surface area contributed by atoms with Crippen LogP contribution in [0.4, 0.5) is 0 Å². The van der Waals surface area contributed by atoms with E-state index in [-0.39, 0.29) is 5.56 Å². The SMILES string of the molecule is O=c1c(Br)cccn1Cc1csc2ccccc12. The molecule has 0 aliphatic carbocycles. The zero-order chi connectivity index (χ0) is 12.5. The summed E-state index contributed by atoms with van der Waals surface area (Å²) in [5.74, 6) is 0. The lowest BCUT2D eigenvalue weighted by molar-refractivity contribution is 0.761. The molecule has 0 unspecified atom stereocenters. The van der Waals surface area contributed by atoms with Crippen molar-refractivity contribution in [3.8, 4) is 0 Å². The van der Waals surface area contributed by atoms with Crippen molar-refractivity contribution >= 4 is 37.4 Å². The summed E-state index contributed by atoms with van der Waals surface area (Å²) in [6.07, 6.45) is 1.82. The van der Waals surface area contributed by atoms with E-state index in [0.717, 1.165) is 0 Å². The van der Waals surface area contributed by atoms with Gasteiger partial charge >= 0.3 is 0 Å². The number of hydrogen-bond donors (Lipinski definition) is 0. The summed E-state index contributed by atoms with van der Waals surface area (Å²) in [7, 11) is 0. The van der Waals surface area contributed by atoms with Gasteiger partial charge in [0, 0.05) is 10.9 Å². The molecule has 2 nitrogen and oxygen atoms in total. The van der Waals surface area contributed by atoms with Crippen LogP contribution in [0.2, 0.25) is 0 Å². The highest BCUT2D eigenvalue weighted by Crippen LogP contribution is 2.25.